The predicted octanol–water partition coefficient (Wildman–Crippen LogP) is 1.65. The molecule has 0 saturated carbocycles. The van der Waals surface area contributed by atoms with E-state index in [1.807, 2.05) is 17.5 Å². The van der Waals surface area contributed by atoms with Crippen LogP contribution in [0, 0.1) is 0 Å². The summed E-state index contributed by atoms with van der Waals surface area (Å²) >= 11 is 1.67. The van der Waals surface area contributed by atoms with Gasteiger partial charge in [0.05, 0.1) is 12.5 Å². The summed E-state index contributed by atoms with van der Waals surface area (Å²) in [4.78, 5) is 5.40. The number of aliphatic hydroxyl groups is 1. The molecule has 80 valence electrons. The van der Waals surface area contributed by atoms with Crippen LogP contribution in [0.15, 0.2) is 22.0 Å². The van der Waals surface area contributed by atoms with Crippen molar-refractivity contribution in [1.82, 2.24) is 10.1 Å². The summed E-state index contributed by atoms with van der Waals surface area (Å²) in [6.45, 7) is 1.70. The summed E-state index contributed by atoms with van der Waals surface area (Å²) in [7, 11) is 0. The van der Waals surface area contributed by atoms with E-state index in [1.54, 1.807) is 18.3 Å². The molecule has 2 rings (SSSR count). The van der Waals surface area contributed by atoms with Gasteiger partial charge in [-0.3, -0.25) is 0 Å². The molecular formula is C10H12N2O2S. The maximum atomic E-state index is 9.15. The van der Waals surface area contributed by atoms with E-state index in [-0.39, 0.29) is 0 Å². The summed E-state index contributed by atoms with van der Waals surface area (Å²) in [5.41, 5.74) is 0. The van der Waals surface area contributed by atoms with E-state index < -0.39 is 6.10 Å². The Morgan fingerprint density at radius 1 is 1.60 bits per heavy atom. The van der Waals surface area contributed by atoms with Gasteiger partial charge < -0.3 is 9.63 Å². The molecular weight excluding hydrogens is 212 g/mol. The average molecular weight is 224 g/mol. The minimum Gasteiger partial charge on any atom is -0.393 e. The third-order valence-corrected chi connectivity index (χ3v) is 2.77. The molecule has 0 aliphatic rings. The van der Waals surface area contributed by atoms with Crippen molar-refractivity contribution in [3.63, 3.8) is 0 Å². The first-order valence-electron chi connectivity index (χ1n) is 4.76. The summed E-state index contributed by atoms with van der Waals surface area (Å²) in [5, 5.41) is 15.0. The second-order valence-corrected chi connectivity index (χ2v) is 4.45. The quantitative estimate of drug-likeness (QED) is 0.857. The molecule has 0 aliphatic heterocycles. The first-order valence-corrected chi connectivity index (χ1v) is 5.64. The van der Waals surface area contributed by atoms with Crippen LogP contribution in [0.3, 0.4) is 0 Å². The summed E-state index contributed by atoms with van der Waals surface area (Å²) in [5.74, 6) is 1.17. The van der Waals surface area contributed by atoms with E-state index >= 15 is 0 Å². The Labute approximate surface area is 91.6 Å². The van der Waals surface area contributed by atoms with Gasteiger partial charge >= 0.3 is 0 Å². The van der Waals surface area contributed by atoms with Crippen molar-refractivity contribution in [2.24, 2.45) is 0 Å². The first-order chi connectivity index (χ1) is 7.24. The van der Waals surface area contributed by atoms with Crippen LogP contribution in [0.5, 0.6) is 0 Å². The maximum Gasteiger partial charge on any atom is 0.229 e. The van der Waals surface area contributed by atoms with Crippen LogP contribution in [0.4, 0.5) is 0 Å². The molecule has 15 heavy (non-hydrogen) atoms. The van der Waals surface area contributed by atoms with Gasteiger partial charge in [-0.2, -0.15) is 4.98 Å². The fourth-order valence-corrected chi connectivity index (χ4v) is 1.97. The Bertz CT molecular complexity index is 409. The second kappa shape index (κ2) is 4.55. The van der Waals surface area contributed by atoms with Crippen LogP contribution < -0.4 is 0 Å². The van der Waals surface area contributed by atoms with Crippen LogP contribution in [0.1, 0.15) is 23.5 Å². The van der Waals surface area contributed by atoms with Crippen LogP contribution in [0.2, 0.25) is 0 Å². The highest BCUT2D eigenvalue weighted by Crippen LogP contribution is 2.13. The molecule has 0 bridgehead atoms. The highest BCUT2D eigenvalue weighted by atomic mass is 32.1. The molecule has 5 heteroatoms. The highest BCUT2D eigenvalue weighted by Gasteiger charge is 2.09. The zero-order valence-corrected chi connectivity index (χ0v) is 9.20. The topological polar surface area (TPSA) is 59.2 Å². The fourth-order valence-electron chi connectivity index (χ4n) is 1.27. The molecule has 4 nitrogen and oxygen atoms in total. The third-order valence-electron chi connectivity index (χ3n) is 1.89. The third kappa shape index (κ3) is 2.87. The Morgan fingerprint density at radius 3 is 3.13 bits per heavy atom. The predicted molar refractivity (Wildman–Crippen MR) is 56.8 cm³/mol. The number of aliphatic hydroxyl groups excluding tert-OH is 1. The van der Waals surface area contributed by atoms with Gasteiger partial charge in [0.25, 0.3) is 0 Å². The molecule has 0 radical (unpaired) electrons. The molecule has 0 saturated heterocycles. The highest BCUT2D eigenvalue weighted by molar-refractivity contribution is 7.09. The molecule has 0 aliphatic carbocycles. The summed E-state index contributed by atoms with van der Waals surface area (Å²) in [6, 6.07) is 4.03. The smallest absolute Gasteiger partial charge is 0.229 e. The van der Waals surface area contributed by atoms with E-state index in [0.29, 0.717) is 24.6 Å². The van der Waals surface area contributed by atoms with Crippen molar-refractivity contribution < 1.29 is 9.63 Å². The van der Waals surface area contributed by atoms with E-state index in [2.05, 4.69) is 10.1 Å². The summed E-state index contributed by atoms with van der Waals surface area (Å²) in [6.07, 6.45) is 0.665. The second-order valence-electron chi connectivity index (χ2n) is 3.41. The first kappa shape index (κ1) is 10.3. The zero-order valence-electron chi connectivity index (χ0n) is 8.38. The van der Waals surface area contributed by atoms with Gasteiger partial charge in [-0.15, -0.1) is 11.3 Å². The number of aromatic nitrogens is 2. The monoisotopic (exact) mass is 224 g/mol. The number of thiophene rings is 1. The van der Waals surface area contributed by atoms with E-state index in [1.165, 1.54) is 4.88 Å². The van der Waals surface area contributed by atoms with Gasteiger partial charge in [0.2, 0.25) is 5.89 Å². The summed E-state index contributed by atoms with van der Waals surface area (Å²) < 4.78 is 5.01. The molecule has 1 N–H and O–H groups in total. The number of nitrogens with zero attached hydrogens (tertiary/aromatic N) is 2. The van der Waals surface area contributed by atoms with Crippen molar-refractivity contribution in [1.29, 1.82) is 0 Å². The van der Waals surface area contributed by atoms with Gasteiger partial charge in [-0.25, -0.2) is 0 Å². The lowest BCUT2D eigenvalue weighted by Crippen LogP contribution is -2.04. The Morgan fingerprint density at radius 2 is 2.47 bits per heavy atom. The van der Waals surface area contributed by atoms with E-state index in [9.17, 15) is 0 Å². The van der Waals surface area contributed by atoms with Gasteiger partial charge in [-0.05, 0) is 18.4 Å². The molecule has 2 heterocycles. The van der Waals surface area contributed by atoms with Crippen molar-refractivity contribution in [2.45, 2.75) is 25.9 Å². The standard InChI is InChI=1S/C10H12N2O2S/c1-7(13)5-10-11-9(12-14-10)6-8-3-2-4-15-8/h2-4,7,13H,5-6H2,1H3. The largest absolute Gasteiger partial charge is 0.393 e. The van der Waals surface area contributed by atoms with Gasteiger partial charge in [-0.1, -0.05) is 11.2 Å². The van der Waals surface area contributed by atoms with Crippen molar-refractivity contribution in [2.75, 3.05) is 0 Å². The number of rotatable bonds is 4. The maximum absolute atomic E-state index is 9.15. The van der Waals surface area contributed by atoms with E-state index in [0.717, 1.165) is 0 Å². The lowest BCUT2D eigenvalue weighted by Gasteiger charge is -1.95. The zero-order chi connectivity index (χ0) is 10.7. The van der Waals surface area contributed by atoms with Crippen molar-refractivity contribution in [3.05, 3.63) is 34.1 Å². The van der Waals surface area contributed by atoms with Crippen molar-refractivity contribution >= 4 is 11.3 Å². The molecule has 0 spiro atoms. The number of hydrogen-bond acceptors (Lipinski definition) is 5. The Kier molecular flexibility index (Phi) is 3.13. The molecule has 0 aromatic carbocycles. The minimum atomic E-state index is -0.444. The average Bonchev–Trinajstić information content (AvgIpc) is 2.77. The molecule has 2 aromatic heterocycles. The van der Waals surface area contributed by atoms with E-state index in [4.69, 9.17) is 9.63 Å². The van der Waals surface area contributed by atoms with Gasteiger partial charge in [0, 0.05) is 11.3 Å². The molecule has 1 atom stereocenters. The Hall–Kier alpha value is -1.20. The van der Waals surface area contributed by atoms with Crippen LogP contribution in [0.25, 0.3) is 0 Å². The van der Waals surface area contributed by atoms with Gasteiger partial charge in [0.1, 0.15) is 0 Å². The molecule has 0 amide bonds. The van der Waals surface area contributed by atoms with Crippen LogP contribution in [-0.4, -0.2) is 21.4 Å². The van der Waals surface area contributed by atoms with Gasteiger partial charge in [0.15, 0.2) is 5.82 Å². The molecule has 2 aromatic rings. The molecule has 0 fully saturated rings. The fraction of sp³-hybridized carbons (Fsp3) is 0.400. The van der Waals surface area contributed by atoms with Crippen LogP contribution >= 0.6 is 11.3 Å². The SMILES string of the molecule is CC(O)Cc1nc(Cc2cccs2)no1. The normalized spacial score (nSPS) is 12.9. The minimum absolute atomic E-state index is 0.414. The van der Waals surface area contributed by atoms with Crippen LogP contribution in [-0.2, 0) is 12.8 Å². The van der Waals surface area contributed by atoms with Crippen molar-refractivity contribution in [3.8, 4) is 0 Å². The lowest BCUT2D eigenvalue weighted by molar-refractivity contribution is 0.181. The lowest BCUT2D eigenvalue weighted by atomic mass is 10.3. The molecule has 1 unspecified atom stereocenters. The Balaban J connectivity index is 2.01. The number of hydrogen-bond donors (Lipinski definition) is 1.